The number of hydrogen-bond acceptors (Lipinski definition) is 5. The number of aliphatic hydroxyl groups is 1. The molecule has 0 saturated carbocycles. The number of anilines is 1. The van der Waals surface area contributed by atoms with Crippen LogP contribution in [0.2, 0.25) is 0 Å². The van der Waals surface area contributed by atoms with E-state index in [-0.39, 0.29) is 24.5 Å². The Balaban J connectivity index is 2.54. The molecule has 6 nitrogen and oxygen atoms in total. The van der Waals surface area contributed by atoms with Crippen molar-refractivity contribution in [3.05, 3.63) is 40.9 Å². The number of carbonyl (C=O) groups is 2. The summed E-state index contributed by atoms with van der Waals surface area (Å²) in [5.74, 6) is -0.778. The molecule has 2 rings (SSSR count). The third-order valence-electron chi connectivity index (χ3n) is 3.14. The summed E-state index contributed by atoms with van der Waals surface area (Å²) in [5.41, 5.74) is 0.484. The first kappa shape index (κ1) is 16.1. The minimum atomic E-state index is -0.539. The van der Waals surface area contributed by atoms with Gasteiger partial charge in [-0.3, -0.25) is 14.5 Å². The highest BCUT2D eigenvalue weighted by molar-refractivity contribution is 8.05. The number of aliphatic hydroxyl groups excluding tert-OH is 1. The van der Waals surface area contributed by atoms with Crippen molar-refractivity contribution in [2.45, 2.75) is 11.7 Å². The predicted molar refractivity (Wildman–Crippen MR) is 83.7 cm³/mol. The lowest BCUT2D eigenvalue weighted by molar-refractivity contribution is -0.117. The van der Waals surface area contributed by atoms with E-state index in [9.17, 15) is 14.9 Å². The van der Waals surface area contributed by atoms with E-state index in [0.717, 1.165) is 11.8 Å². The second-order valence-electron chi connectivity index (χ2n) is 4.50. The molecular weight excluding hydrogens is 302 g/mol. The molecule has 0 aliphatic carbocycles. The number of carbonyl (C=O) groups excluding carboxylic acids is 2. The molecule has 2 N–H and O–H groups in total. The summed E-state index contributed by atoms with van der Waals surface area (Å²) < 4.78 is 0. The highest BCUT2D eigenvalue weighted by Crippen LogP contribution is 2.41. The van der Waals surface area contributed by atoms with Gasteiger partial charge in [0.2, 0.25) is 5.91 Å². The van der Waals surface area contributed by atoms with E-state index in [2.05, 4.69) is 5.32 Å². The zero-order valence-electron chi connectivity index (χ0n) is 11.9. The highest BCUT2D eigenvalue weighted by atomic mass is 32.2. The topological polar surface area (TPSA) is 93.4 Å². The van der Waals surface area contributed by atoms with Crippen LogP contribution in [-0.2, 0) is 9.59 Å². The van der Waals surface area contributed by atoms with E-state index in [1.165, 1.54) is 11.9 Å². The number of hydrogen-bond donors (Lipinski definition) is 2. The zero-order chi connectivity index (χ0) is 16.1. The smallest absolute Gasteiger partial charge is 0.264 e. The molecule has 1 aromatic rings. The molecule has 0 radical (unpaired) electrons. The van der Waals surface area contributed by atoms with E-state index >= 15 is 0 Å². The Bertz CT molecular complexity index is 652. The van der Waals surface area contributed by atoms with E-state index in [0.29, 0.717) is 10.7 Å². The van der Waals surface area contributed by atoms with Gasteiger partial charge in [-0.25, -0.2) is 0 Å². The van der Waals surface area contributed by atoms with Crippen LogP contribution in [-0.4, -0.2) is 35.8 Å². The second kappa shape index (κ2) is 7.11. The highest BCUT2D eigenvalue weighted by Gasteiger charge is 2.40. The van der Waals surface area contributed by atoms with Gasteiger partial charge in [0.15, 0.2) is 0 Å². The Morgan fingerprint density at radius 1 is 1.45 bits per heavy atom. The van der Waals surface area contributed by atoms with Crippen molar-refractivity contribution in [1.82, 2.24) is 5.32 Å². The van der Waals surface area contributed by atoms with Crippen LogP contribution >= 0.6 is 11.8 Å². The first-order chi connectivity index (χ1) is 10.6. The molecule has 2 amide bonds. The maximum absolute atomic E-state index is 12.6. The van der Waals surface area contributed by atoms with Crippen molar-refractivity contribution in [2.75, 3.05) is 18.6 Å². The van der Waals surface area contributed by atoms with Crippen LogP contribution in [0.5, 0.6) is 0 Å². The van der Waals surface area contributed by atoms with Crippen molar-refractivity contribution in [2.24, 2.45) is 0 Å². The molecule has 22 heavy (non-hydrogen) atoms. The average Bonchev–Trinajstić information content (AvgIpc) is 2.86. The molecule has 114 valence electrons. The number of thioether (sulfide) groups is 1. The number of rotatable bonds is 4. The lowest BCUT2D eigenvalue weighted by Gasteiger charge is -2.18. The summed E-state index contributed by atoms with van der Waals surface area (Å²) in [6.45, 7) is -0.138. The first-order valence-electron chi connectivity index (χ1n) is 6.67. The normalized spacial score (nSPS) is 19.8. The largest absolute Gasteiger partial charge is 0.396 e. The fourth-order valence-electron chi connectivity index (χ4n) is 2.09. The fourth-order valence-corrected chi connectivity index (χ4v) is 3.35. The van der Waals surface area contributed by atoms with E-state index in [1.807, 2.05) is 12.1 Å². The molecule has 0 unspecified atom stereocenters. The molecule has 1 heterocycles. The summed E-state index contributed by atoms with van der Waals surface area (Å²) in [6, 6.07) is 10.7. The molecule has 0 bridgehead atoms. The standard InChI is InChI=1S/C15H15N3O3S/c1-17-13(20)11(9-16)15-18(10-5-3-2-4-6-10)14(21)12(22-15)7-8-19/h2-6,12,19H,7-8H2,1H3,(H,17,20)/b15-11+/t12-/m1/s1. The SMILES string of the molecule is CNC(=O)/C(C#N)=C1/S[C@H](CCO)C(=O)N1c1ccccc1. The molecule has 1 atom stereocenters. The van der Waals surface area contributed by atoms with Gasteiger partial charge in [-0.05, 0) is 18.6 Å². The minimum Gasteiger partial charge on any atom is -0.396 e. The molecule has 1 fully saturated rings. The summed E-state index contributed by atoms with van der Waals surface area (Å²) in [7, 11) is 1.43. The molecule has 7 heteroatoms. The molecule has 1 aromatic carbocycles. The minimum absolute atomic E-state index is 0.106. The fraction of sp³-hybridized carbons (Fsp3) is 0.267. The van der Waals surface area contributed by atoms with Crippen molar-refractivity contribution in [3.8, 4) is 6.07 Å². The van der Waals surface area contributed by atoms with Crippen LogP contribution in [0.3, 0.4) is 0 Å². The molecule has 1 aliphatic rings. The van der Waals surface area contributed by atoms with Crippen molar-refractivity contribution < 1.29 is 14.7 Å². The Kier molecular flexibility index (Phi) is 5.20. The maximum atomic E-state index is 12.6. The third-order valence-corrected chi connectivity index (χ3v) is 4.47. The van der Waals surface area contributed by atoms with E-state index in [1.54, 1.807) is 24.3 Å². The number of nitrogens with zero attached hydrogens (tertiary/aromatic N) is 2. The molecule has 1 aliphatic heterocycles. The van der Waals surface area contributed by atoms with Gasteiger partial charge in [0.1, 0.15) is 16.7 Å². The van der Waals surface area contributed by atoms with Crippen LogP contribution in [0.25, 0.3) is 0 Å². The Morgan fingerprint density at radius 3 is 2.68 bits per heavy atom. The molecular formula is C15H15N3O3S. The first-order valence-corrected chi connectivity index (χ1v) is 7.55. The number of amides is 2. The lowest BCUT2D eigenvalue weighted by atomic mass is 10.2. The molecule has 1 saturated heterocycles. The Labute approximate surface area is 132 Å². The summed E-state index contributed by atoms with van der Waals surface area (Å²) in [6.07, 6.45) is 0.267. The van der Waals surface area contributed by atoms with Gasteiger partial charge in [-0.2, -0.15) is 5.26 Å². The maximum Gasteiger partial charge on any atom is 0.264 e. The monoisotopic (exact) mass is 317 g/mol. The number of benzene rings is 1. The number of nitriles is 1. The van der Waals surface area contributed by atoms with Crippen molar-refractivity contribution >= 4 is 29.3 Å². The lowest BCUT2D eigenvalue weighted by Crippen LogP contribution is -2.31. The van der Waals surface area contributed by atoms with Crippen LogP contribution in [0, 0.1) is 11.3 Å². The Morgan fingerprint density at radius 2 is 2.14 bits per heavy atom. The summed E-state index contributed by atoms with van der Waals surface area (Å²) >= 11 is 1.14. The molecule has 0 spiro atoms. The quantitative estimate of drug-likeness (QED) is 0.638. The van der Waals surface area contributed by atoms with Crippen molar-refractivity contribution in [1.29, 1.82) is 5.26 Å². The van der Waals surface area contributed by atoms with Gasteiger partial charge in [0.25, 0.3) is 5.91 Å². The van der Waals surface area contributed by atoms with Gasteiger partial charge < -0.3 is 10.4 Å². The van der Waals surface area contributed by atoms with Crippen LogP contribution in [0.4, 0.5) is 5.69 Å². The average molecular weight is 317 g/mol. The molecule has 0 aromatic heterocycles. The summed E-state index contributed by atoms with van der Waals surface area (Å²) in [5, 5.41) is 20.6. The number of para-hydroxylation sites is 1. The summed E-state index contributed by atoms with van der Waals surface area (Å²) in [4.78, 5) is 25.8. The van der Waals surface area contributed by atoms with Gasteiger partial charge in [-0.1, -0.05) is 30.0 Å². The zero-order valence-corrected chi connectivity index (χ0v) is 12.8. The van der Waals surface area contributed by atoms with Crippen LogP contribution in [0.1, 0.15) is 6.42 Å². The number of likely N-dealkylation sites (N-methyl/N-ethyl adjacent to an activating group) is 1. The van der Waals surface area contributed by atoms with Gasteiger partial charge in [-0.15, -0.1) is 0 Å². The van der Waals surface area contributed by atoms with Crippen molar-refractivity contribution in [3.63, 3.8) is 0 Å². The Hall–Kier alpha value is -2.30. The van der Waals surface area contributed by atoms with E-state index in [4.69, 9.17) is 5.11 Å². The van der Waals surface area contributed by atoms with Gasteiger partial charge >= 0.3 is 0 Å². The van der Waals surface area contributed by atoms with Gasteiger partial charge in [0.05, 0.1) is 5.25 Å². The third kappa shape index (κ3) is 2.98. The number of nitrogens with one attached hydrogen (secondary N) is 1. The van der Waals surface area contributed by atoms with Crippen LogP contribution < -0.4 is 10.2 Å². The predicted octanol–water partition coefficient (Wildman–Crippen LogP) is 0.999. The van der Waals surface area contributed by atoms with Crippen LogP contribution in [0.15, 0.2) is 40.9 Å². The van der Waals surface area contributed by atoms with Gasteiger partial charge in [0, 0.05) is 19.3 Å². The second-order valence-corrected chi connectivity index (χ2v) is 5.69. The van der Waals surface area contributed by atoms with E-state index < -0.39 is 11.2 Å².